The number of hydrogen-bond donors (Lipinski definition) is 0. The first-order valence-electron chi connectivity index (χ1n) is 22.1. The van der Waals surface area contributed by atoms with E-state index in [1.165, 1.54) is 0 Å². The fraction of sp³-hybridized carbons (Fsp3) is 0. The average Bonchev–Trinajstić information content (AvgIpc) is 3.40. The summed E-state index contributed by atoms with van der Waals surface area (Å²) in [5, 5.41) is 9.44. The minimum atomic E-state index is 0.574. The lowest BCUT2D eigenvalue weighted by atomic mass is 9.98. The van der Waals surface area contributed by atoms with Gasteiger partial charge < -0.3 is 0 Å². The molecule has 3 heterocycles. The molecule has 0 aliphatic carbocycles. The van der Waals surface area contributed by atoms with Crippen LogP contribution in [0.4, 0.5) is 0 Å². The van der Waals surface area contributed by atoms with Crippen molar-refractivity contribution in [1.29, 1.82) is 0 Å². The molecule has 0 aliphatic rings. The van der Waals surface area contributed by atoms with Crippen molar-refractivity contribution < 1.29 is 0 Å². The highest BCUT2D eigenvalue weighted by Crippen LogP contribution is 2.40. The molecule has 306 valence electrons. The lowest BCUT2D eigenvalue weighted by Gasteiger charge is -2.15. The van der Waals surface area contributed by atoms with Gasteiger partial charge in [0.05, 0.1) is 33.6 Å². The molecular formula is C60H36N6. The molecule has 0 unspecified atom stereocenters. The monoisotopic (exact) mass is 840 g/mol. The Balaban J connectivity index is 1.14. The molecule has 6 nitrogen and oxygen atoms in total. The molecule has 3 aromatic heterocycles. The Kier molecular flexibility index (Phi) is 8.74. The molecule has 0 amide bonds. The number of aromatic nitrogens is 6. The lowest BCUT2D eigenvalue weighted by molar-refractivity contribution is 1.20. The van der Waals surface area contributed by atoms with Crippen LogP contribution in [0.5, 0.6) is 0 Å². The zero-order chi connectivity index (χ0) is 43.6. The summed E-state index contributed by atoms with van der Waals surface area (Å²) < 4.78 is 0. The van der Waals surface area contributed by atoms with Gasteiger partial charge in [-0.15, -0.1) is 0 Å². The summed E-state index contributed by atoms with van der Waals surface area (Å²) >= 11 is 0. The van der Waals surface area contributed by atoms with Crippen molar-refractivity contribution in [2.45, 2.75) is 0 Å². The van der Waals surface area contributed by atoms with E-state index >= 15 is 0 Å². The third kappa shape index (κ3) is 6.34. The van der Waals surface area contributed by atoms with Crippen LogP contribution in [0.3, 0.4) is 0 Å². The summed E-state index contributed by atoms with van der Waals surface area (Å²) in [4.78, 5) is 32.7. The van der Waals surface area contributed by atoms with Gasteiger partial charge in [-0.05, 0) is 52.6 Å². The topological polar surface area (TPSA) is 77.3 Å². The molecule has 13 rings (SSSR count). The lowest BCUT2D eigenvalue weighted by Crippen LogP contribution is -2.00. The second-order valence-electron chi connectivity index (χ2n) is 16.6. The molecule has 0 fully saturated rings. The van der Waals surface area contributed by atoms with Crippen molar-refractivity contribution in [2.75, 3.05) is 0 Å². The quantitative estimate of drug-likeness (QED) is 0.155. The normalized spacial score (nSPS) is 11.6. The maximum Gasteiger partial charge on any atom is 0.160 e. The number of nitrogens with zero attached hydrogens (tertiary/aromatic N) is 6. The molecule has 0 saturated heterocycles. The second-order valence-corrected chi connectivity index (χ2v) is 16.6. The van der Waals surface area contributed by atoms with E-state index < -0.39 is 0 Å². The SMILES string of the molecule is c1ccc(-c2nc(-c3cc(-c4nc(-c5ccccc5)c5ccc6ccccc6c5n4)cc(-c4nc(-c5ccccc5)c5ccc6ccccc6c5n4)c3)nc3c2ccc2ccccc23)cc1. The van der Waals surface area contributed by atoms with Gasteiger partial charge in [-0.25, -0.2) is 29.9 Å². The zero-order valence-corrected chi connectivity index (χ0v) is 35.5. The summed E-state index contributed by atoms with van der Waals surface area (Å²) in [5.74, 6) is 1.72. The maximum absolute atomic E-state index is 5.45. The third-order valence-corrected chi connectivity index (χ3v) is 12.6. The van der Waals surface area contributed by atoms with Crippen LogP contribution >= 0.6 is 0 Å². The molecule has 0 atom stereocenters. The molecule has 13 aromatic rings. The highest BCUT2D eigenvalue weighted by Gasteiger charge is 2.21. The molecule has 0 radical (unpaired) electrons. The number of fused-ring (bicyclic) bond motifs is 9. The van der Waals surface area contributed by atoms with E-state index in [4.69, 9.17) is 29.9 Å². The van der Waals surface area contributed by atoms with Crippen molar-refractivity contribution in [3.8, 4) is 67.9 Å². The molecule has 0 saturated carbocycles. The second kappa shape index (κ2) is 15.4. The van der Waals surface area contributed by atoms with E-state index in [1.807, 2.05) is 18.2 Å². The van der Waals surface area contributed by atoms with Crippen molar-refractivity contribution in [3.63, 3.8) is 0 Å². The van der Waals surface area contributed by atoms with Crippen LogP contribution in [-0.2, 0) is 0 Å². The van der Waals surface area contributed by atoms with Crippen molar-refractivity contribution in [2.24, 2.45) is 0 Å². The van der Waals surface area contributed by atoms with E-state index in [1.54, 1.807) is 0 Å². The van der Waals surface area contributed by atoms with E-state index in [0.29, 0.717) is 17.5 Å². The summed E-state index contributed by atoms with van der Waals surface area (Å²) in [6, 6.07) is 75.6. The Morgan fingerprint density at radius 3 is 0.773 bits per heavy atom. The number of hydrogen-bond acceptors (Lipinski definition) is 6. The van der Waals surface area contributed by atoms with Crippen LogP contribution in [-0.4, -0.2) is 29.9 Å². The van der Waals surface area contributed by atoms with Gasteiger partial charge in [0, 0.05) is 65.7 Å². The van der Waals surface area contributed by atoms with Crippen LogP contribution < -0.4 is 0 Å². The fourth-order valence-corrected chi connectivity index (χ4v) is 9.44. The largest absolute Gasteiger partial charge is 0.227 e. The molecule has 0 spiro atoms. The van der Waals surface area contributed by atoms with E-state index in [-0.39, 0.29) is 0 Å². The molecule has 66 heavy (non-hydrogen) atoms. The van der Waals surface area contributed by atoms with Gasteiger partial charge >= 0.3 is 0 Å². The van der Waals surface area contributed by atoms with E-state index in [0.717, 1.165) is 115 Å². The zero-order valence-electron chi connectivity index (χ0n) is 35.5. The minimum absolute atomic E-state index is 0.574. The van der Waals surface area contributed by atoms with Gasteiger partial charge in [0.15, 0.2) is 17.5 Å². The Morgan fingerprint density at radius 1 is 0.197 bits per heavy atom. The molecular weight excluding hydrogens is 805 g/mol. The third-order valence-electron chi connectivity index (χ3n) is 12.6. The fourth-order valence-electron chi connectivity index (χ4n) is 9.44. The summed E-state index contributed by atoms with van der Waals surface area (Å²) in [6.07, 6.45) is 0. The van der Waals surface area contributed by atoms with Crippen LogP contribution in [0.15, 0.2) is 218 Å². The molecule has 0 bridgehead atoms. The van der Waals surface area contributed by atoms with Gasteiger partial charge in [-0.2, -0.15) is 0 Å². The maximum atomic E-state index is 5.45. The van der Waals surface area contributed by atoms with Crippen molar-refractivity contribution in [1.82, 2.24) is 29.9 Å². The van der Waals surface area contributed by atoms with Crippen molar-refractivity contribution >= 4 is 65.0 Å². The van der Waals surface area contributed by atoms with Crippen LogP contribution in [0, 0.1) is 0 Å². The van der Waals surface area contributed by atoms with E-state index in [9.17, 15) is 0 Å². The van der Waals surface area contributed by atoms with Gasteiger partial charge in [0.2, 0.25) is 0 Å². The standard InChI is InChI=1S/C60H36N6/c1-4-19-40(20-5-1)52-49-31-28-37-16-10-13-25-46(37)55(49)64-58(61-52)43-34-44(59-62-53(41-21-6-2-7-22-41)50-32-29-38-17-11-14-26-47(38)56(50)65-59)36-45(35-43)60-63-54(42-23-8-3-9-24-42)51-33-30-39-18-12-15-27-48(39)57(51)66-60/h1-36H. The van der Waals surface area contributed by atoms with Gasteiger partial charge in [0.1, 0.15) is 0 Å². The Morgan fingerprint density at radius 2 is 0.470 bits per heavy atom. The minimum Gasteiger partial charge on any atom is -0.227 e. The van der Waals surface area contributed by atoms with Gasteiger partial charge in [0.25, 0.3) is 0 Å². The smallest absolute Gasteiger partial charge is 0.160 e. The number of rotatable bonds is 6. The predicted molar refractivity (Wildman–Crippen MR) is 271 cm³/mol. The van der Waals surface area contributed by atoms with Crippen LogP contribution in [0.25, 0.3) is 133 Å². The average molecular weight is 841 g/mol. The van der Waals surface area contributed by atoms with Crippen LogP contribution in [0.1, 0.15) is 0 Å². The first-order chi connectivity index (χ1) is 32.7. The van der Waals surface area contributed by atoms with Crippen LogP contribution in [0.2, 0.25) is 0 Å². The molecule has 0 aliphatic heterocycles. The Labute approximate surface area is 379 Å². The molecule has 10 aromatic carbocycles. The Bertz CT molecular complexity index is 3610. The Hall–Kier alpha value is -9.00. The van der Waals surface area contributed by atoms with Crippen molar-refractivity contribution in [3.05, 3.63) is 218 Å². The van der Waals surface area contributed by atoms with Gasteiger partial charge in [-0.3, -0.25) is 0 Å². The molecule has 0 N–H and O–H groups in total. The van der Waals surface area contributed by atoms with E-state index in [2.05, 4.69) is 200 Å². The first-order valence-corrected chi connectivity index (χ1v) is 22.1. The summed E-state index contributed by atoms with van der Waals surface area (Å²) in [6.45, 7) is 0. The summed E-state index contributed by atoms with van der Waals surface area (Å²) in [5.41, 5.74) is 10.6. The number of benzene rings is 10. The molecule has 6 heteroatoms. The predicted octanol–water partition coefficient (Wildman–Crippen LogP) is 15.0. The first kappa shape index (κ1) is 37.5. The highest BCUT2D eigenvalue weighted by atomic mass is 14.9. The van der Waals surface area contributed by atoms with Gasteiger partial charge in [-0.1, -0.05) is 182 Å². The highest BCUT2D eigenvalue weighted by molar-refractivity contribution is 6.12. The summed E-state index contributed by atoms with van der Waals surface area (Å²) in [7, 11) is 0.